The number of rotatable bonds is 2. The van der Waals surface area contributed by atoms with Gasteiger partial charge in [-0.3, -0.25) is 4.98 Å². The van der Waals surface area contributed by atoms with Crippen molar-refractivity contribution in [2.24, 2.45) is 0 Å². The first-order valence-corrected chi connectivity index (χ1v) is 6.28. The number of hydrogen-bond acceptors (Lipinski definition) is 2. The first-order chi connectivity index (χ1) is 8.81. The Balaban J connectivity index is 0.000000245. The Morgan fingerprint density at radius 1 is 0.944 bits per heavy atom. The molecular formula is C16H23NO. The number of nitrogens with zero attached hydrogens (tertiary/aromatic N) is 1. The predicted octanol–water partition coefficient (Wildman–Crippen LogP) is 3.86. The van der Waals surface area contributed by atoms with E-state index in [-0.39, 0.29) is 0 Å². The fraction of sp³-hybridized carbons (Fsp3) is 0.312. The van der Waals surface area contributed by atoms with E-state index in [4.69, 9.17) is 5.11 Å². The van der Waals surface area contributed by atoms with Crippen molar-refractivity contribution in [1.29, 1.82) is 0 Å². The Labute approximate surface area is 110 Å². The molecule has 2 rings (SSSR count). The summed E-state index contributed by atoms with van der Waals surface area (Å²) in [5.74, 6) is 0. The van der Waals surface area contributed by atoms with E-state index in [2.05, 4.69) is 31.0 Å². The fourth-order valence-electron chi connectivity index (χ4n) is 1.01. The molecule has 1 aromatic heterocycles. The summed E-state index contributed by atoms with van der Waals surface area (Å²) in [5.41, 5.74) is 1.32. The fourth-order valence-corrected chi connectivity index (χ4v) is 1.01. The topological polar surface area (TPSA) is 33.1 Å². The first kappa shape index (κ1) is 16.3. The van der Waals surface area contributed by atoms with Gasteiger partial charge in [0.15, 0.2) is 0 Å². The van der Waals surface area contributed by atoms with Crippen LogP contribution in [0.25, 0.3) is 0 Å². The molecule has 0 radical (unpaired) electrons. The van der Waals surface area contributed by atoms with E-state index >= 15 is 0 Å². The number of aliphatic hydroxyl groups excluding tert-OH is 1. The molecule has 0 aliphatic rings. The van der Waals surface area contributed by atoms with Gasteiger partial charge >= 0.3 is 0 Å². The van der Waals surface area contributed by atoms with Gasteiger partial charge in [-0.2, -0.15) is 0 Å². The molecule has 98 valence electrons. The highest BCUT2D eigenvalue weighted by Crippen LogP contribution is 1.92. The molecule has 1 aromatic carbocycles. The molecule has 0 aliphatic heterocycles. The van der Waals surface area contributed by atoms with Gasteiger partial charge in [0.25, 0.3) is 0 Å². The largest absolute Gasteiger partial charge is 0.396 e. The van der Waals surface area contributed by atoms with Gasteiger partial charge in [0, 0.05) is 19.0 Å². The monoisotopic (exact) mass is 245 g/mol. The third kappa shape index (κ3) is 12.4. The van der Waals surface area contributed by atoms with Gasteiger partial charge < -0.3 is 5.11 Å². The van der Waals surface area contributed by atoms with Crippen molar-refractivity contribution in [1.82, 2.24) is 4.98 Å². The van der Waals surface area contributed by atoms with Crippen molar-refractivity contribution in [2.45, 2.75) is 26.7 Å². The molecule has 0 amide bonds. The molecule has 0 saturated carbocycles. The van der Waals surface area contributed by atoms with Gasteiger partial charge in [-0.25, -0.2) is 0 Å². The Morgan fingerprint density at radius 3 is 1.67 bits per heavy atom. The number of aryl methyl sites for hydroxylation is 1. The average molecular weight is 245 g/mol. The summed E-state index contributed by atoms with van der Waals surface area (Å²) in [5, 5.41) is 8.07. The predicted molar refractivity (Wildman–Crippen MR) is 77.4 cm³/mol. The zero-order valence-corrected chi connectivity index (χ0v) is 11.3. The minimum absolute atomic E-state index is 0.344. The molecule has 2 heteroatoms. The highest BCUT2D eigenvalue weighted by atomic mass is 16.2. The van der Waals surface area contributed by atoms with Crippen molar-refractivity contribution in [3.05, 3.63) is 66.5 Å². The van der Waals surface area contributed by atoms with Gasteiger partial charge in [-0.05, 0) is 25.5 Å². The van der Waals surface area contributed by atoms with E-state index in [9.17, 15) is 0 Å². The number of benzene rings is 1. The maximum Gasteiger partial charge on any atom is 0.0430 e. The van der Waals surface area contributed by atoms with Crippen LogP contribution in [0.3, 0.4) is 0 Å². The van der Waals surface area contributed by atoms with E-state index in [1.54, 1.807) is 12.4 Å². The van der Waals surface area contributed by atoms with Gasteiger partial charge in [0.1, 0.15) is 0 Å². The van der Waals surface area contributed by atoms with Gasteiger partial charge in [-0.15, -0.1) is 0 Å². The van der Waals surface area contributed by atoms with Crippen LogP contribution in [0.4, 0.5) is 0 Å². The van der Waals surface area contributed by atoms with Crippen LogP contribution in [0.2, 0.25) is 0 Å². The lowest BCUT2D eigenvalue weighted by atomic mass is 10.2. The summed E-state index contributed by atoms with van der Waals surface area (Å²) in [7, 11) is 0. The highest BCUT2D eigenvalue weighted by Gasteiger charge is 1.72. The molecular weight excluding hydrogens is 222 g/mol. The van der Waals surface area contributed by atoms with E-state index in [1.165, 1.54) is 5.56 Å². The van der Waals surface area contributed by atoms with Crippen LogP contribution in [0.15, 0.2) is 60.9 Å². The molecule has 0 unspecified atom stereocenters. The SMILES string of the molecule is CCCCO.Cc1ccccc1.c1ccncc1. The third-order valence-corrected chi connectivity index (χ3v) is 2.02. The van der Waals surface area contributed by atoms with Crippen LogP contribution in [0.1, 0.15) is 25.3 Å². The van der Waals surface area contributed by atoms with Crippen molar-refractivity contribution >= 4 is 0 Å². The lowest BCUT2D eigenvalue weighted by Crippen LogP contribution is -1.75. The normalized spacial score (nSPS) is 8.39. The second kappa shape index (κ2) is 13.4. The summed E-state index contributed by atoms with van der Waals surface area (Å²) >= 11 is 0. The van der Waals surface area contributed by atoms with Crippen molar-refractivity contribution in [2.75, 3.05) is 6.61 Å². The molecule has 0 bridgehead atoms. The molecule has 1 N–H and O–H groups in total. The van der Waals surface area contributed by atoms with Gasteiger partial charge in [-0.1, -0.05) is 55.3 Å². The van der Waals surface area contributed by atoms with Gasteiger partial charge in [0.05, 0.1) is 0 Å². The smallest absolute Gasteiger partial charge is 0.0430 e. The number of hydrogen-bond donors (Lipinski definition) is 1. The quantitative estimate of drug-likeness (QED) is 0.871. The molecule has 0 spiro atoms. The number of pyridine rings is 1. The van der Waals surface area contributed by atoms with Crippen molar-refractivity contribution in [3.63, 3.8) is 0 Å². The zero-order chi connectivity index (χ0) is 13.5. The number of aliphatic hydroxyl groups is 1. The van der Waals surface area contributed by atoms with E-state index in [0.29, 0.717) is 6.61 Å². The summed E-state index contributed by atoms with van der Waals surface area (Å²) in [6.07, 6.45) is 5.54. The van der Waals surface area contributed by atoms with Crippen molar-refractivity contribution < 1.29 is 5.11 Å². The Hall–Kier alpha value is -1.67. The van der Waals surface area contributed by atoms with Crippen LogP contribution in [0.5, 0.6) is 0 Å². The summed E-state index contributed by atoms with van der Waals surface area (Å²) < 4.78 is 0. The Kier molecular flexibility index (Phi) is 12.2. The molecule has 2 nitrogen and oxygen atoms in total. The Morgan fingerprint density at radius 2 is 1.50 bits per heavy atom. The van der Waals surface area contributed by atoms with E-state index in [1.807, 2.05) is 36.4 Å². The van der Waals surface area contributed by atoms with Crippen LogP contribution in [0, 0.1) is 6.92 Å². The van der Waals surface area contributed by atoms with E-state index < -0.39 is 0 Å². The van der Waals surface area contributed by atoms with Crippen LogP contribution in [-0.2, 0) is 0 Å². The molecule has 0 saturated heterocycles. The number of aromatic nitrogens is 1. The second-order valence-electron chi connectivity index (χ2n) is 3.76. The van der Waals surface area contributed by atoms with Gasteiger partial charge in [0.2, 0.25) is 0 Å². The molecule has 0 fully saturated rings. The molecule has 1 heterocycles. The summed E-state index contributed by atoms with van der Waals surface area (Å²) in [6.45, 7) is 4.48. The zero-order valence-electron chi connectivity index (χ0n) is 11.3. The maximum atomic E-state index is 8.07. The van der Waals surface area contributed by atoms with Crippen LogP contribution >= 0.6 is 0 Å². The number of unbranched alkanes of at least 4 members (excludes halogenated alkanes) is 1. The summed E-state index contributed by atoms with van der Waals surface area (Å²) in [6, 6.07) is 16.0. The minimum Gasteiger partial charge on any atom is -0.396 e. The van der Waals surface area contributed by atoms with E-state index in [0.717, 1.165) is 12.8 Å². The average Bonchev–Trinajstić information content (AvgIpc) is 2.44. The Bertz CT molecular complexity index is 319. The van der Waals surface area contributed by atoms with Crippen LogP contribution < -0.4 is 0 Å². The maximum absolute atomic E-state index is 8.07. The lowest BCUT2D eigenvalue weighted by molar-refractivity contribution is 0.287. The minimum atomic E-state index is 0.344. The lowest BCUT2D eigenvalue weighted by Gasteiger charge is -1.82. The first-order valence-electron chi connectivity index (χ1n) is 6.28. The van der Waals surface area contributed by atoms with Crippen molar-refractivity contribution in [3.8, 4) is 0 Å². The molecule has 2 aromatic rings. The molecule has 18 heavy (non-hydrogen) atoms. The standard InChI is InChI=1S/C7H8.C5H5N.C4H10O/c1-7-5-3-2-4-6-7;1-2-4-6-5-3-1;1-2-3-4-5/h2-6H,1H3;1-5H;5H,2-4H2,1H3. The highest BCUT2D eigenvalue weighted by molar-refractivity contribution is 5.11. The summed E-state index contributed by atoms with van der Waals surface area (Å²) in [4.78, 5) is 3.78. The van der Waals surface area contributed by atoms with Crippen LogP contribution in [-0.4, -0.2) is 16.7 Å². The molecule has 0 aliphatic carbocycles. The second-order valence-corrected chi connectivity index (χ2v) is 3.76. The third-order valence-electron chi connectivity index (χ3n) is 2.02. The molecule has 0 atom stereocenters.